The van der Waals surface area contributed by atoms with Crippen molar-refractivity contribution in [3.8, 4) is 11.4 Å². The van der Waals surface area contributed by atoms with E-state index in [9.17, 15) is 14.7 Å². The van der Waals surface area contributed by atoms with Gasteiger partial charge in [0.05, 0.1) is 29.0 Å². The number of fused-ring (bicyclic) bond motifs is 5. The van der Waals surface area contributed by atoms with E-state index in [1.807, 2.05) is 6.07 Å². The Labute approximate surface area is 178 Å². The Bertz CT molecular complexity index is 1320. The van der Waals surface area contributed by atoms with E-state index in [2.05, 4.69) is 22.6 Å². The molecule has 4 heterocycles. The molecule has 5 N–H and O–H groups in total. The van der Waals surface area contributed by atoms with Crippen LogP contribution in [-0.2, 0) is 28.3 Å². The molecule has 0 fully saturated rings. The number of carbonyl (C=O) groups excluding carboxylic acids is 1. The van der Waals surface area contributed by atoms with E-state index in [1.54, 1.807) is 23.6 Å². The monoisotopic (exact) mass is 504 g/mol. The minimum atomic E-state index is -1.85. The Morgan fingerprint density at radius 2 is 2.03 bits per heavy atom. The molecular weight excluding hydrogens is 487 g/mol. The van der Waals surface area contributed by atoms with Gasteiger partial charge in [-0.05, 0) is 47.2 Å². The van der Waals surface area contributed by atoms with Crippen molar-refractivity contribution in [3.63, 3.8) is 0 Å². The number of nitrogens with two attached hydrogens (primary N) is 2. The van der Waals surface area contributed by atoms with E-state index in [0.717, 1.165) is 14.5 Å². The van der Waals surface area contributed by atoms with Crippen LogP contribution in [0.5, 0.6) is 0 Å². The lowest BCUT2D eigenvalue weighted by Gasteiger charge is -2.31. The fourth-order valence-corrected chi connectivity index (χ4v) is 4.60. The number of hydrogen-bond donors (Lipinski definition) is 3. The van der Waals surface area contributed by atoms with Crippen molar-refractivity contribution < 1.29 is 14.6 Å². The Morgan fingerprint density at radius 3 is 2.76 bits per heavy atom. The van der Waals surface area contributed by atoms with Crippen LogP contribution in [0.3, 0.4) is 0 Å². The Morgan fingerprint density at radius 1 is 1.28 bits per heavy atom. The van der Waals surface area contributed by atoms with Crippen LogP contribution < -0.4 is 17.0 Å². The molecule has 1 atom stereocenters. The normalized spacial score (nSPS) is 19.6. The van der Waals surface area contributed by atoms with Gasteiger partial charge in [-0.25, -0.2) is 9.78 Å². The van der Waals surface area contributed by atoms with E-state index in [4.69, 9.17) is 21.2 Å². The third-order valence-corrected chi connectivity index (χ3v) is 6.78. The average molecular weight is 504 g/mol. The largest absolute Gasteiger partial charge is 0.458 e. The predicted molar refractivity (Wildman–Crippen MR) is 116 cm³/mol. The molecule has 2 aliphatic heterocycles. The van der Waals surface area contributed by atoms with Crippen molar-refractivity contribution in [3.05, 3.63) is 48.8 Å². The van der Waals surface area contributed by atoms with Gasteiger partial charge < -0.3 is 25.9 Å². The summed E-state index contributed by atoms with van der Waals surface area (Å²) < 4.78 is 7.50. The number of rotatable bonds is 1. The van der Waals surface area contributed by atoms with Crippen molar-refractivity contribution >= 4 is 50.8 Å². The van der Waals surface area contributed by atoms with E-state index in [0.29, 0.717) is 28.3 Å². The highest BCUT2D eigenvalue weighted by atomic mass is 127. The lowest BCUT2D eigenvalue weighted by atomic mass is 9.86. The molecule has 5 rings (SSSR count). The van der Waals surface area contributed by atoms with E-state index in [-0.39, 0.29) is 36.3 Å². The number of benzene rings is 1. The van der Waals surface area contributed by atoms with Crippen LogP contribution >= 0.6 is 22.6 Å². The van der Waals surface area contributed by atoms with Gasteiger partial charge in [-0.2, -0.15) is 0 Å². The maximum Gasteiger partial charge on any atom is 0.343 e. The van der Waals surface area contributed by atoms with Crippen LogP contribution in [0.4, 0.5) is 11.4 Å². The number of esters is 1. The Balaban J connectivity index is 1.83. The molecule has 3 aromatic rings. The van der Waals surface area contributed by atoms with Crippen LogP contribution in [0.15, 0.2) is 23.0 Å². The number of aliphatic hydroxyl groups is 1. The topological polar surface area (TPSA) is 133 Å². The Kier molecular flexibility index (Phi) is 3.75. The zero-order valence-corrected chi connectivity index (χ0v) is 17.6. The number of cyclic esters (lactones) is 1. The standard InChI is InChI=1S/C20H17IN4O4/c1-2-20(28)11-4-15-17-9(6-25(15)18(26)10(11)7-29-19(20)27)16(23)8-3-13(22)12(21)5-14(8)24-17/h3-5,28H,2,6-7,22H2,1H3,(H2,23,24)/t20-/m0/s1. The summed E-state index contributed by atoms with van der Waals surface area (Å²) in [5, 5.41) is 11.6. The summed E-state index contributed by atoms with van der Waals surface area (Å²) in [6, 6.07) is 5.31. The first kappa shape index (κ1) is 18.4. The van der Waals surface area contributed by atoms with Crippen molar-refractivity contribution in [2.75, 3.05) is 11.5 Å². The van der Waals surface area contributed by atoms with Crippen LogP contribution in [0.2, 0.25) is 0 Å². The van der Waals surface area contributed by atoms with Crippen LogP contribution in [-0.4, -0.2) is 20.6 Å². The average Bonchev–Trinajstić information content (AvgIpc) is 3.06. The molecule has 148 valence electrons. The van der Waals surface area contributed by atoms with Gasteiger partial charge in [0.25, 0.3) is 5.56 Å². The molecule has 0 spiro atoms. The van der Waals surface area contributed by atoms with Gasteiger partial charge in [0, 0.05) is 31.5 Å². The van der Waals surface area contributed by atoms with Crippen molar-refractivity contribution in [2.24, 2.45) is 0 Å². The first-order chi connectivity index (χ1) is 13.8. The maximum absolute atomic E-state index is 13.2. The van der Waals surface area contributed by atoms with Crippen molar-refractivity contribution in [2.45, 2.75) is 32.1 Å². The summed E-state index contributed by atoms with van der Waals surface area (Å²) in [5.41, 5.74) is 14.5. The molecule has 0 saturated heterocycles. The van der Waals surface area contributed by atoms with Gasteiger partial charge in [0.15, 0.2) is 5.60 Å². The van der Waals surface area contributed by atoms with Gasteiger partial charge >= 0.3 is 5.97 Å². The fraction of sp³-hybridized carbons (Fsp3) is 0.250. The number of ether oxygens (including phenoxy) is 1. The van der Waals surface area contributed by atoms with Gasteiger partial charge in [0.2, 0.25) is 0 Å². The molecule has 9 heteroatoms. The molecule has 0 amide bonds. The number of anilines is 2. The van der Waals surface area contributed by atoms with E-state index < -0.39 is 11.6 Å². The van der Waals surface area contributed by atoms with Gasteiger partial charge in [0.1, 0.15) is 6.61 Å². The SMILES string of the molecule is CC[C@@]1(O)C(=O)OCc2c1cc1n(c2=O)Cc2c-1nc1cc(I)c(N)cc1c2N. The molecule has 0 radical (unpaired) electrons. The van der Waals surface area contributed by atoms with Crippen LogP contribution in [0, 0.1) is 3.57 Å². The molecule has 0 bridgehead atoms. The molecule has 8 nitrogen and oxygen atoms in total. The summed E-state index contributed by atoms with van der Waals surface area (Å²) in [6.45, 7) is 1.77. The molecule has 0 aliphatic carbocycles. The summed E-state index contributed by atoms with van der Waals surface area (Å²) in [4.78, 5) is 30.1. The highest BCUT2D eigenvalue weighted by Crippen LogP contribution is 2.41. The van der Waals surface area contributed by atoms with Gasteiger partial charge in [-0.1, -0.05) is 6.92 Å². The third-order valence-electron chi connectivity index (χ3n) is 5.85. The minimum Gasteiger partial charge on any atom is -0.458 e. The summed E-state index contributed by atoms with van der Waals surface area (Å²) in [7, 11) is 0. The quantitative estimate of drug-likeness (QED) is 0.205. The Hall–Kier alpha value is -2.66. The van der Waals surface area contributed by atoms with Crippen LogP contribution in [0.25, 0.3) is 22.3 Å². The number of carbonyl (C=O) groups is 1. The maximum atomic E-state index is 13.2. The molecule has 0 unspecified atom stereocenters. The zero-order chi connectivity index (χ0) is 20.7. The van der Waals surface area contributed by atoms with Crippen molar-refractivity contribution in [1.29, 1.82) is 0 Å². The number of aromatic nitrogens is 2. The number of nitrogen functional groups attached to an aromatic ring is 2. The summed E-state index contributed by atoms with van der Waals surface area (Å²) >= 11 is 2.13. The van der Waals surface area contributed by atoms with Crippen LogP contribution in [0.1, 0.15) is 30.0 Å². The second-order valence-corrected chi connectivity index (χ2v) is 8.51. The molecule has 1 aromatic carbocycles. The zero-order valence-electron chi connectivity index (χ0n) is 15.5. The predicted octanol–water partition coefficient (Wildman–Crippen LogP) is 1.85. The summed E-state index contributed by atoms with van der Waals surface area (Å²) in [5.74, 6) is -0.744. The second-order valence-electron chi connectivity index (χ2n) is 7.35. The number of nitrogens with zero attached hydrogens (tertiary/aromatic N) is 2. The highest BCUT2D eigenvalue weighted by Gasteiger charge is 2.45. The minimum absolute atomic E-state index is 0.0966. The molecule has 0 saturated carbocycles. The fourth-order valence-electron chi connectivity index (χ4n) is 4.15. The molecular formula is C20H17IN4O4. The molecule has 29 heavy (non-hydrogen) atoms. The number of halogens is 1. The van der Waals surface area contributed by atoms with Gasteiger partial charge in [-0.3, -0.25) is 4.79 Å². The third kappa shape index (κ3) is 2.31. The highest BCUT2D eigenvalue weighted by molar-refractivity contribution is 14.1. The first-order valence-electron chi connectivity index (χ1n) is 9.10. The molecule has 2 aliphatic rings. The van der Waals surface area contributed by atoms with E-state index in [1.165, 1.54) is 0 Å². The second kappa shape index (κ2) is 5.92. The number of hydrogen-bond acceptors (Lipinski definition) is 7. The van der Waals surface area contributed by atoms with Gasteiger partial charge in [-0.15, -0.1) is 0 Å². The lowest BCUT2D eigenvalue weighted by molar-refractivity contribution is -0.172. The van der Waals surface area contributed by atoms with Crippen molar-refractivity contribution in [1.82, 2.24) is 9.55 Å². The summed E-state index contributed by atoms with van der Waals surface area (Å²) in [6.07, 6.45) is 0.0966. The smallest absolute Gasteiger partial charge is 0.343 e. The number of pyridine rings is 2. The van der Waals surface area contributed by atoms with E-state index >= 15 is 0 Å². The lowest BCUT2D eigenvalue weighted by Crippen LogP contribution is -2.44. The first-order valence-corrected chi connectivity index (χ1v) is 10.2. The molecule has 2 aromatic heterocycles.